The van der Waals surface area contributed by atoms with Gasteiger partial charge in [-0.2, -0.15) is 0 Å². The maximum absolute atomic E-state index is 12.6. The quantitative estimate of drug-likeness (QED) is 0.520. The van der Waals surface area contributed by atoms with Gasteiger partial charge >= 0.3 is 6.09 Å². The van der Waals surface area contributed by atoms with Crippen LogP contribution in [0.4, 0.5) is 16.2 Å². The molecule has 0 aliphatic heterocycles. The van der Waals surface area contributed by atoms with Crippen molar-refractivity contribution in [1.29, 1.82) is 0 Å². The topological polar surface area (TPSA) is 67.4 Å². The lowest BCUT2D eigenvalue weighted by Gasteiger charge is -2.12. The van der Waals surface area contributed by atoms with Crippen molar-refractivity contribution in [2.45, 2.75) is 0 Å². The summed E-state index contributed by atoms with van der Waals surface area (Å²) in [5.74, 6) is -0.343. The molecule has 2 amide bonds. The van der Waals surface area contributed by atoms with Gasteiger partial charge in [0.1, 0.15) is 5.75 Å². The smallest absolute Gasteiger partial charge is 0.409 e. The first-order valence-electron chi connectivity index (χ1n) is 7.91. The van der Waals surface area contributed by atoms with Gasteiger partial charge in [0.15, 0.2) is 0 Å². The Labute approximate surface area is 169 Å². The number of rotatable bonds is 4. The zero-order chi connectivity index (χ0) is 19.2. The molecule has 3 aromatic rings. The predicted octanol–water partition coefficient (Wildman–Crippen LogP) is 5.97. The highest BCUT2D eigenvalue weighted by Gasteiger charge is 2.17. The molecule has 0 atom stereocenters. The number of amides is 2. The van der Waals surface area contributed by atoms with Crippen LogP contribution in [0.5, 0.6) is 5.75 Å². The Balaban J connectivity index is 1.77. The molecule has 3 rings (SSSR count). The number of ether oxygens (including phenoxy) is 1. The number of para-hydroxylation sites is 1. The molecule has 7 heteroatoms. The molecule has 0 fully saturated rings. The van der Waals surface area contributed by atoms with Crippen molar-refractivity contribution in [3.8, 4) is 5.75 Å². The second kappa shape index (κ2) is 8.70. The van der Waals surface area contributed by atoms with Crippen molar-refractivity contribution in [2.75, 3.05) is 10.6 Å². The van der Waals surface area contributed by atoms with Crippen molar-refractivity contribution < 1.29 is 14.3 Å². The van der Waals surface area contributed by atoms with Gasteiger partial charge in [-0.3, -0.25) is 10.1 Å². The van der Waals surface area contributed by atoms with E-state index >= 15 is 0 Å². The highest BCUT2D eigenvalue weighted by atomic mass is 79.9. The average molecular weight is 446 g/mol. The minimum Gasteiger partial charge on any atom is -0.409 e. The summed E-state index contributed by atoms with van der Waals surface area (Å²) in [6.07, 6.45) is -0.707. The number of anilines is 2. The third kappa shape index (κ3) is 5.32. The van der Waals surface area contributed by atoms with Gasteiger partial charge in [0.2, 0.25) is 0 Å². The minimum absolute atomic E-state index is 0.0995. The Bertz CT molecular complexity index is 963. The molecule has 0 aromatic heterocycles. The Morgan fingerprint density at radius 3 is 2.22 bits per heavy atom. The van der Waals surface area contributed by atoms with Crippen molar-refractivity contribution in [2.24, 2.45) is 0 Å². The maximum atomic E-state index is 12.6. The van der Waals surface area contributed by atoms with Crippen molar-refractivity contribution in [3.63, 3.8) is 0 Å². The monoisotopic (exact) mass is 444 g/mol. The van der Waals surface area contributed by atoms with E-state index in [1.807, 2.05) is 6.07 Å². The highest BCUT2D eigenvalue weighted by Crippen LogP contribution is 2.25. The molecule has 0 spiro atoms. The number of halogens is 2. The summed E-state index contributed by atoms with van der Waals surface area (Å²) in [6.45, 7) is 0. The first-order chi connectivity index (χ1) is 13.0. The molecule has 0 aliphatic carbocycles. The van der Waals surface area contributed by atoms with Gasteiger partial charge in [-0.15, -0.1) is 0 Å². The molecule has 5 nitrogen and oxygen atoms in total. The lowest BCUT2D eigenvalue weighted by atomic mass is 10.2. The van der Waals surface area contributed by atoms with Gasteiger partial charge in [0.05, 0.1) is 5.56 Å². The molecule has 0 saturated carbocycles. The molecule has 3 aromatic carbocycles. The standard InChI is InChI=1S/C20H14BrClN2O3/c21-13-6-9-16(10-7-13)23-19(25)17-12-14(22)8-11-18(17)27-20(26)24-15-4-2-1-3-5-15/h1-12H,(H,23,25)(H,24,26). The van der Waals surface area contributed by atoms with Crippen LogP contribution in [0, 0.1) is 0 Å². The van der Waals surface area contributed by atoms with Crippen LogP contribution in [0.2, 0.25) is 5.02 Å². The Kier molecular flexibility index (Phi) is 6.11. The van der Waals surface area contributed by atoms with Crippen LogP contribution in [0.25, 0.3) is 0 Å². The van der Waals surface area contributed by atoms with Gasteiger partial charge in [0, 0.05) is 20.9 Å². The number of benzene rings is 3. The van der Waals surface area contributed by atoms with Crippen LogP contribution in [-0.2, 0) is 0 Å². The molecule has 2 N–H and O–H groups in total. The van der Waals surface area contributed by atoms with Gasteiger partial charge in [-0.05, 0) is 54.6 Å². The molecular formula is C20H14BrClN2O3. The van der Waals surface area contributed by atoms with Crippen molar-refractivity contribution >= 4 is 50.9 Å². The minimum atomic E-state index is -0.707. The maximum Gasteiger partial charge on any atom is 0.417 e. The van der Waals surface area contributed by atoms with Crippen molar-refractivity contribution in [1.82, 2.24) is 0 Å². The average Bonchev–Trinajstić information content (AvgIpc) is 2.66. The molecule has 0 aliphatic rings. The van der Waals surface area contributed by atoms with Crippen LogP contribution < -0.4 is 15.4 Å². The van der Waals surface area contributed by atoms with E-state index in [2.05, 4.69) is 26.6 Å². The van der Waals surface area contributed by atoms with E-state index in [9.17, 15) is 9.59 Å². The number of hydrogen-bond donors (Lipinski definition) is 2. The number of carbonyl (C=O) groups excluding carboxylic acids is 2. The fraction of sp³-hybridized carbons (Fsp3) is 0. The third-order valence-corrected chi connectivity index (χ3v) is 4.27. The molecule has 0 saturated heterocycles. The predicted molar refractivity (Wildman–Crippen MR) is 110 cm³/mol. The fourth-order valence-electron chi connectivity index (χ4n) is 2.27. The van der Waals surface area contributed by atoms with Crippen molar-refractivity contribution in [3.05, 3.63) is 87.9 Å². The van der Waals surface area contributed by atoms with E-state index < -0.39 is 12.0 Å². The van der Waals surface area contributed by atoms with E-state index in [0.29, 0.717) is 16.4 Å². The lowest BCUT2D eigenvalue weighted by molar-refractivity contribution is 0.102. The van der Waals surface area contributed by atoms with E-state index in [1.54, 1.807) is 54.6 Å². The van der Waals surface area contributed by atoms with Crippen LogP contribution in [-0.4, -0.2) is 12.0 Å². The Morgan fingerprint density at radius 2 is 1.52 bits per heavy atom. The van der Waals surface area contributed by atoms with Crippen LogP contribution in [0.1, 0.15) is 10.4 Å². The second-order valence-corrected chi connectivity index (χ2v) is 6.83. The first-order valence-corrected chi connectivity index (χ1v) is 9.09. The summed E-state index contributed by atoms with van der Waals surface area (Å²) in [4.78, 5) is 24.8. The second-order valence-electron chi connectivity index (χ2n) is 5.48. The molecule has 0 bridgehead atoms. The van der Waals surface area contributed by atoms with Gasteiger partial charge < -0.3 is 10.1 Å². The molecule has 0 unspecified atom stereocenters. The van der Waals surface area contributed by atoms with Crippen LogP contribution in [0.15, 0.2) is 77.3 Å². The van der Waals surface area contributed by atoms with Crippen LogP contribution >= 0.6 is 27.5 Å². The first kappa shape index (κ1) is 18.9. The SMILES string of the molecule is O=C(Nc1ccccc1)Oc1ccc(Cl)cc1C(=O)Nc1ccc(Br)cc1. The third-order valence-electron chi connectivity index (χ3n) is 3.51. The molecule has 0 radical (unpaired) electrons. The number of hydrogen-bond acceptors (Lipinski definition) is 3. The molecule has 0 heterocycles. The summed E-state index contributed by atoms with van der Waals surface area (Å²) in [6, 6.07) is 20.4. The van der Waals surface area contributed by atoms with Gasteiger partial charge in [-0.25, -0.2) is 4.79 Å². The number of nitrogens with one attached hydrogen (secondary N) is 2. The summed E-state index contributed by atoms with van der Waals surface area (Å²) in [5.41, 5.74) is 1.33. The van der Waals surface area contributed by atoms with E-state index in [1.165, 1.54) is 12.1 Å². The zero-order valence-electron chi connectivity index (χ0n) is 13.9. The Morgan fingerprint density at radius 1 is 0.852 bits per heavy atom. The fourth-order valence-corrected chi connectivity index (χ4v) is 2.70. The molecule has 27 heavy (non-hydrogen) atoms. The Hall–Kier alpha value is -2.83. The summed E-state index contributed by atoms with van der Waals surface area (Å²) in [5, 5.41) is 5.70. The summed E-state index contributed by atoms with van der Waals surface area (Å²) in [7, 11) is 0. The molecular weight excluding hydrogens is 432 g/mol. The summed E-state index contributed by atoms with van der Waals surface area (Å²) >= 11 is 9.35. The largest absolute Gasteiger partial charge is 0.417 e. The van der Waals surface area contributed by atoms with E-state index in [4.69, 9.17) is 16.3 Å². The molecule has 136 valence electrons. The van der Waals surface area contributed by atoms with E-state index in [0.717, 1.165) is 4.47 Å². The normalized spacial score (nSPS) is 10.1. The number of carbonyl (C=O) groups is 2. The van der Waals surface area contributed by atoms with Crippen LogP contribution in [0.3, 0.4) is 0 Å². The summed E-state index contributed by atoms with van der Waals surface area (Å²) < 4.78 is 6.20. The zero-order valence-corrected chi connectivity index (χ0v) is 16.3. The highest BCUT2D eigenvalue weighted by molar-refractivity contribution is 9.10. The van der Waals surface area contributed by atoms with E-state index in [-0.39, 0.29) is 11.3 Å². The van der Waals surface area contributed by atoms with Gasteiger partial charge in [-0.1, -0.05) is 45.7 Å². The lowest BCUT2D eigenvalue weighted by Crippen LogP contribution is -2.20. The van der Waals surface area contributed by atoms with Gasteiger partial charge in [0.25, 0.3) is 5.91 Å².